The van der Waals surface area contributed by atoms with Crippen LogP contribution in [0, 0.1) is 7.40 Å². The first-order valence-corrected chi connectivity index (χ1v) is 19.3. The first kappa shape index (κ1) is 44.5. The second-order valence-electron chi connectivity index (χ2n) is 10.8. The molecule has 1 fully saturated rings. The summed E-state index contributed by atoms with van der Waals surface area (Å²) in [6.07, 6.45) is 3.53. The van der Waals surface area contributed by atoms with Crippen molar-refractivity contribution in [1.82, 2.24) is 39.5 Å². The number of aliphatic hydroxyl groups excluding tert-OH is 2. The van der Waals surface area contributed by atoms with Gasteiger partial charge in [0.25, 0.3) is 12.9 Å². The molecule has 0 spiro atoms. The number of sulfone groups is 1. The molecule has 1 aliphatic heterocycles. The lowest BCUT2D eigenvalue weighted by molar-refractivity contribution is 0.121. The third kappa shape index (κ3) is 17.2. The Labute approximate surface area is 320 Å². The fourth-order valence-electron chi connectivity index (χ4n) is 3.62. The van der Waals surface area contributed by atoms with E-state index in [1.807, 2.05) is 45.2 Å². The lowest BCUT2D eigenvalue weighted by atomic mass is 10.2. The molecule has 5 heterocycles. The minimum Gasteiger partial charge on any atom is -0.392 e. The van der Waals surface area contributed by atoms with Gasteiger partial charge in [-0.15, -0.1) is 0 Å². The lowest BCUT2D eigenvalue weighted by Crippen LogP contribution is -2.16. The molecule has 0 unspecified atom stereocenters. The van der Waals surface area contributed by atoms with Crippen molar-refractivity contribution in [2.24, 2.45) is 5.73 Å². The zero-order chi connectivity index (χ0) is 38.1. The number of ether oxygens (including phenoxy) is 1. The molecule has 5 rings (SSSR count). The van der Waals surface area contributed by atoms with Gasteiger partial charge >= 0.3 is 0 Å². The summed E-state index contributed by atoms with van der Waals surface area (Å²) in [7, 11) is -3.53. The average Bonchev–Trinajstić information content (AvgIpc) is 3.83. The van der Waals surface area contributed by atoms with E-state index in [0.29, 0.717) is 49.0 Å². The van der Waals surface area contributed by atoms with Crippen LogP contribution in [0.3, 0.4) is 0 Å². The van der Waals surface area contributed by atoms with E-state index in [-0.39, 0.29) is 11.3 Å². The number of anilines is 1. The summed E-state index contributed by atoms with van der Waals surface area (Å²) >= 11 is 3.85. The second-order valence-corrected chi connectivity index (χ2v) is 14.7. The summed E-state index contributed by atoms with van der Waals surface area (Å²) in [5.74, 6) is 0.366. The molecular weight excluding hydrogens is 930 g/mol. The Morgan fingerprint density at radius 2 is 1.35 bits per heavy atom. The fraction of sp³-hybridized carbons (Fsp3) is 0.517. The topological polar surface area (TPSA) is 209 Å². The maximum atomic E-state index is 12.4. The van der Waals surface area contributed by atoms with E-state index in [4.69, 9.17) is 15.6 Å². The number of hydrogen-bond acceptors (Lipinski definition) is 13. The zero-order valence-electron chi connectivity index (χ0n) is 27.9. The molecule has 284 valence electrons. The molecule has 5 N–H and O–H groups in total. The van der Waals surface area contributed by atoms with Crippen LogP contribution in [0.15, 0.2) is 42.1 Å². The van der Waals surface area contributed by atoms with E-state index in [0.717, 1.165) is 24.2 Å². The van der Waals surface area contributed by atoms with E-state index in [1.165, 1.54) is 42.2 Å². The molecule has 15 nitrogen and oxygen atoms in total. The monoisotopic (exact) mass is 970 g/mol. The summed E-state index contributed by atoms with van der Waals surface area (Å²) in [4.78, 5) is 15.9. The Hall–Kier alpha value is -2.65. The highest BCUT2D eigenvalue weighted by Crippen LogP contribution is 2.24. The van der Waals surface area contributed by atoms with Gasteiger partial charge in [-0.3, -0.25) is 9.36 Å². The van der Waals surface area contributed by atoms with Crippen LogP contribution in [0.1, 0.15) is 26.7 Å². The van der Waals surface area contributed by atoms with Crippen LogP contribution in [0.25, 0.3) is 22.5 Å². The second kappa shape index (κ2) is 22.4. The van der Waals surface area contributed by atoms with Crippen molar-refractivity contribution in [2.75, 3.05) is 37.9 Å². The molecule has 1 aliphatic rings. The van der Waals surface area contributed by atoms with Gasteiger partial charge in [0, 0.05) is 57.3 Å². The quantitative estimate of drug-likeness (QED) is 0.0962. The van der Waals surface area contributed by atoms with Gasteiger partial charge in [0.1, 0.15) is 20.5 Å². The Bertz CT molecular complexity index is 1720. The standard InChI is InChI=1S/C12H14F2IN5O.C10H9F2IN4O2S.C4H8O.C3H9NO/c1-7(21)4-17-12-16-3-2-9(18-12)8-5-20(6-10(13)14)19-11(8)15;1-20(18,19)10-14-3-2-7(15-10)6-4-17(5-8(11)12)16-9(6)13;1-2-4-5-3-1;1-3(5)2-4/h2-3,5,7,10,21H,4,6H2,1H3,(H,16,17,18);2-4,8H,5H2,1H3;1-4H2;3,5H,2,4H2,1H3/t7-;;;3-/m0..0/s1. The van der Waals surface area contributed by atoms with E-state index < -0.39 is 41.9 Å². The van der Waals surface area contributed by atoms with Crippen molar-refractivity contribution in [3.63, 3.8) is 0 Å². The van der Waals surface area contributed by atoms with Gasteiger partial charge < -0.3 is 26.0 Å². The molecule has 2 atom stereocenters. The SMILES string of the molecule is C1CCOC1.CS(=O)(=O)c1nccc(-c2cn(CC(F)F)nc2I)n1.C[C@H](O)CN.C[C@H](O)CNc1nccc(-c2cn(CC(F)F)nc2I)n1. The highest BCUT2D eigenvalue weighted by atomic mass is 127. The van der Waals surface area contributed by atoms with Crippen molar-refractivity contribution in [3.05, 3.63) is 44.3 Å². The van der Waals surface area contributed by atoms with Gasteiger partial charge in [-0.1, -0.05) is 0 Å². The molecule has 1 saturated heterocycles. The Kier molecular flexibility index (Phi) is 19.6. The summed E-state index contributed by atoms with van der Waals surface area (Å²) in [6.45, 7) is 5.01. The van der Waals surface area contributed by atoms with E-state index >= 15 is 0 Å². The van der Waals surface area contributed by atoms with Gasteiger partial charge in [-0.25, -0.2) is 45.9 Å². The molecule has 22 heteroatoms. The predicted molar refractivity (Wildman–Crippen MR) is 198 cm³/mol. The van der Waals surface area contributed by atoms with E-state index in [2.05, 4.69) is 35.5 Å². The van der Waals surface area contributed by atoms with Gasteiger partial charge in [0.05, 0.1) is 34.7 Å². The van der Waals surface area contributed by atoms with Crippen LogP contribution in [0.2, 0.25) is 0 Å². The van der Waals surface area contributed by atoms with Crippen molar-refractivity contribution in [3.8, 4) is 22.5 Å². The average molecular weight is 971 g/mol. The number of rotatable bonds is 11. The summed E-state index contributed by atoms with van der Waals surface area (Å²) in [6, 6.07) is 3.18. The van der Waals surface area contributed by atoms with Crippen LogP contribution in [0.4, 0.5) is 23.5 Å². The van der Waals surface area contributed by atoms with E-state index in [9.17, 15) is 31.1 Å². The molecule has 0 amide bonds. The van der Waals surface area contributed by atoms with Crippen LogP contribution < -0.4 is 11.1 Å². The minimum atomic E-state index is -3.53. The Morgan fingerprint density at radius 1 is 0.882 bits per heavy atom. The number of nitrogens with two attached hydrogens (primary N) is 1. The summed E-state index contributed by atoms with van der Waals surface area (Å²) < 4.78 is 80.5. The Balaban J connectivity index is 0.000000278. The minimum absolute atomic E-state index is 0.313. The molecule has 4 aromatic heterocycles. The molecule has 0 saturated carbocycles. The number of nitrogens with zero attached hydrogens (tertiary/aromatic N) is 8. The first-order valence-electron chi connectivity index (χ1n) is 15.3. The van der Waals surface area contributed by atoms with Crippen molar-refractivity contribution in [1.29, 1.82) is 0 Å². The molecule has 0 bridgehead atoms. The van der Waals surface area contributed by atoms with Crippen LogP contribution in [0.5, 0.6) is 0 Å². The maximum absolute atomic E-state index is 12.4. The van der Waals surface area contributed by atoms with Gasteiger partial charge in [0.2, 0.25) is 20.9 Å². The lowest BCUT2D eigenvalue weighted by Gasteiger charge is -2.07. The van der Waals surface area contributed by atoms with E-state index in [1.54, 1.807) is 26.1 Å². The Morgan fingerprint density at radius 3 is 1.75 bits per heavy atom. The number of aromatic nitrogens is 8. The molecular formula is C29H40F4I2N10O5S. The molecule has 0 radical (unpaired) electrons. The van der Waals surface area contributed by atoms with Gasteiger partial charge in [-0.2, -0.15) is 10.2 Å². The molecule has 0 aromatic carbocycles. The number of aliphatic hydroxyl groups is 2. The predicted octanol–water partition coefficient (Wildman–Crippen LogP) is 3.74. The zero-order valence-corrected chi connectivity index (χ0v) is 33.0. The number of halogens is 6. The number of hydrogen-bond donors (Lipinski definition) is 4. The van der Waals surface area contributed by atoms with Crippen molar-refractivity contribution in [2.45, 2.75) is 70.0 Å². The molecule has 0 aliphatic carbocycles. The van der Waals surface area contributed by atoms with Crippen molar-refractivity contribution >= 4 is 61.0 Å². The third-order valence-corrected chi connectivity index (χ3v) is 8.43. The summed E-state index contributed by atoms with van der Waals surface area (Å²) in [5.41, 5.74) is 6.98. The fourth-order valence-corrected chi connectivity index (χ4v) is 5.52. The smallest absolute Gasteiger partial charge is 0.257 e. The maximum Gasteiger partial charge on any atom is 0.257 e. The normalized spacial score (nSPS) is 13.8. The third-order valence-electron chi connectivity index (χ3n) is 5.98. The van der Waals surface area contributed by atoms with Crippen LogP contribution in [-0.4, -0.2) is 116 Å². The number of alkyl halides is 4. The molecule has 4 aromatic rings. The molecule has 51 heavy (non-hydrogen) atoms. The number of nitrogens with one attached hydrogen (secondary N) is 1. The van der Waals surface area contributed by atoms with Crippen LogP contribution >= 0.6 is 45.2 Å². The van der Waals surface area contributed by atoms with Crippen LogP contribution in [-0.2, 0) is 27.7 Å². The van der Waals surface area contributed by atoms with Crippen molar-refractivity contribution < 1.29 is 40.9 Å². The van der Waals surface area contributed by atoms with Gasteiger partial charge in [-0.05, 0) is 84.0 Å². The highest BCUT2D eigenvalue weighted by molar-refractivity contribution is 14.1. The largest absolute Gasteiger partial charge is 0.392 e. The summed E-state index contributed by atoms with van der Waals surface area (Å²) in [5, 5.41) is 28.0. The first-order chi connectivity index (χ1) is 24.0. The van der Waals surface area contributed by atoms with Gasteiger partial charge in [0.15, 0.2) is 0 Å². The highest BCUT2D eigenvalue weighted by Gasteiger charge is 2.17.